The van der Waals surface area contributed by atoms with Crippen LogP contribution in [0.2, 0.25) is 0 Å². The van der Waals surface area contributed by atoms with Crippen molar-refractivity contribution < 1.29 is 13.2 Å². The molecule has 1 fully saturated rings. The number of nitrogens with one attached hydrogen (secondary N) is 1. The van der Waals surface area contributed by atoms with E-state index in [2.05, 4.69) is 21.2 Å². The lowest BCUT2D eigenvalue weighted by Crippen LogP contribution is -2.50. The Balaban J connectivity index is 1.33. The molecule has 2 aromatic rings. The Morgan fingerprint density at radius 2 is 1.77 bits per heavy atom. The normalized spacial score (nSPS) is 17.7. The van der Waals surface area contributed by atoms with E-state index in [4.69, 9.17) is 0 Å². The molecule has 0 aromatic heterocycles. The van der Waals surface area contributed by atoms with Gasteiger partial charge in [0.05, 0.1) is 11.4 Å². The van der Waals surface area contributed by atoms with Crippen LogP contribution in [0.25, 0.3) is 0 Å². The minimum atomic E-state index is -3.49. The van der Waals surface area contributed by atoms with Crippen LogP contribution in [0.4, 0.5) is 5.69 Å². The van der Waals surface area contributed by atoms with Crippen LogP contribution in [0, 0.1) is 6.92 Å². The fraction of sp³-hybridized carbons (Fsp3) is 0.409. The van der Waals surface area contributed by atoms with E-state index < -0.39 is 10.0 Å². The Kier molecular flexibility index (Phi) is 6.29. The molecule has 1 amide bonds. The van der Waals surface area contributed by atoms with Gasteiger partial charge < -0.3 is 5.32 Å². The van der Waals surface area contributed by atoms with Gasteiger partial charge in [-0.15, -0.1) is 0 Å². The predicted molar refractivity (Wildman–Crippen MR) is 121 cm³/mol. The fourth-order valence-electron chi connectivity index (χ4n) is 4.15. The highest BCUT2D eigenvalue weighted by Crippen LogP contribution is 2.27. The molecule has 1 heterocycles. The van der Waals surface area contributed by atoms with E-state index in [0.29, 0.717) is 31.1 Å². The number of fused-ring (bicyclic) bond motifs is 1. The van der Waals surface area contributed by atoms with Crippen LogP contribution in [-0.2, 0) is 27.7 Å². The third-order valence-corrected chi connectivity index (χ3v) is 8.26. The topological polar surface area (TPSA) is 69.7 Å². The highest BCUT2D eigenvalue weighted by Gasteiger charge is 2.30. The number of carbonyl (C=O) groups excluding carboxylic acids is 1. The van der Waals surface area contributed by atoms with Crippen molar-refractivity contribution >= 4 is 37.5 Å². The first-order valence-electron chi connectivity index (χ1n) is 10.2. The third kappa shape index (κ3) is 4.61. The molecule has 0 atom stereocenters. The third-order valence-electron chi connectivity index (χ3n) is 5.87. The van der Waals surface area contributed by atoms with Gasteiger partial charge >= 0.3 is 0 Å². The van der Waals surface area contributed by atoms with Gasteiger partial charge in [-0.05, 0) is 73.2 Å². The predicted octanol–water partition coefficient (Wildman–Crippen LogP) is 3.19. The van der Waals surface area contributed by atoms with Crippen molar-refractivity contribution in [2.75, 3.05) is 38.0 Å². The van der Waals surface area contributed by atoms with Crippen molar-refractivity contribution in [2.24, 2.45) is 0 Å². The number of benzene rings is 2. The number of nitrogens with zero attached hydrogens (tertiary/aromatic N) is 2. The van der Waals surface area contributed by atoms with Crippen LogP contribution in [0.1, 0.15) is 23.1 Å². The van der Waals surface area contributed by atoms with Crippen LogP contribution < -0.4 is 5.32 Å². The Bertz CT molecular complexity index is 1060. The summed E-state index contributed by atoms with van der Waals surface area (Å²) in [4.78, 5) is 14.8. The average molecular weight is 492 g/mol. The summed E-state index contributed by atoms with van der Waals surface area (Å²) >= 11 is 3.42. The molecule has 8 heteroatoms. The van der Waals surface area contributed by atoms with Crippen molar-refractivity contribution in [3.63, 3.8) is 0 Å². The molecule has 0 bridgehead atoms. The molecule has 0 saturated carbocycles. The number of aryl methyl sites for hydroxylation is 3. The minimum Gasteiger partial charge on any atom is -0.325 e. The second kappa shape index (κ2) is 8.78. The average Bonchev–Trinajstić information content (AvgIpc) is 3.18. The lowest BCUT2D eigenvalue weighted by atomic mass is 10.1. The number of hydrogen-bond acceptors (Lipinski definition) is 4. The zero-order chi connectivity index (χ0) is 21.3. The number of carbonyl (C=O) groups is 1. The summed E-state index contributed by atoms with van der Waals surface area (Å²) in [5.41, 5.74) is 4.21. The molecule has 2 aromatic carbocycles. The summed E-state index contributed by atoms with van der Waals surface area (Å²) in [5.74, 6) is -0.0876. The Morgan fingerprint density at radius 1 is 1.03 bits per heavy atom. The largest absolute Gasteiger partial charge is 0.325 e. The maximum atomic E-state index is 13.0. The molecule has 2 aliphatic rings. The standard InChI is InChI=1S/C22H26BrN3O3S/c1-16-13-19(23)6-8-21(16)24-22(27)15-25-9-11-26(12-10-25)30(28,29)20-7-5-17-3-2-4-18(17)14-20/h5-8,13-14H,2-4,9-12,15H2,1H3,(H,24,27). The summed E-state index contributed by atoms with van der Waals surface area (Å²) in [6.45, 7) is 4.06. The number of amides is 1. The van der Waals surface area contributed by atoms with Crippen molar-refractivity contribution in [3.05, 3.63) is 57.6 Å². The number of hydrogen-bond donors (Lipinski definition) is 1. The molecular weight excluding hydrogens is 466 g/mol. The molecule has 1 aliphatic carbocycles. The Labute approximate surface area is 186 Å². The maximum Gasteiger partial charge on any atom is 0.243 e. The molecule has 1 aliphatic heterocycles. The van der Waals surface area contributed by atoms with Gasteiger partial charge in [-0.3, -0.25) is 9.69 Å². The highest BCUT2D eigenvalue weighted by molar-refractivity contribution is 9.10. The van der Waals surface area contributed by atoms with Gasteiger partial charge in [0.25, 0.3) is 0 Å². The molecule has 1 saturated heterocycles. The smallest absolute Gasteiger partial charge is 0.243 e. The van der Waals surface area contributed by atoms with Gasteiger partial charge in [0.15, 0.2) is 0 Å². The lowest BCUT2D eigenvalue weighted by Gasteiger charge is -2.33. The van der Waals surface area contributed by atoms with E-state index in [0.717, 1.165) is 40.5 Å². The van der Waals surface area contributed by atoms with Gasteiger partial charge in [-0.2, -0.15) is 4.31 Å². The first-order valence-corrected chi connectivity index (χ1v) is 12.5. The summed E-state index contributed by atoms with van der Waals surface area (Å²) < 4.78 is 28.6. The first-order chi connectivity index (χ1) is 14.3. The van der Waals surface area contributed by atoms with Gasteiger partial charge in [-0.25, -0.2) is 8.42 Å². The van der Waals surface area contributed by atoms with Crippen molar-refractivity contribution in [2.45, 2.75) is 31.1 Å². The van der Waals surface area contributed by atoms with E-state index in [1.165, 1.54) is 9.87 Å². The molecule has 0 spiro atoms. The molecule has 30 heavy (non-hydrogen) atoms. The number of anilines is 1. The second-order valence-corrected chi connectivity index (χ2v) is 10.8. The number of halogens is 1. The van der Waals surface area contributed by atoms with E-state index in [1.54, 1.807) is 6.07 Å². The van der Waals surface area contributed by atoms with Crippen LogP contribution in [0.5, 0.6) is 0 Å². The van der Waals surface area contributed by atoms with E-state index >= 15 is 0 Å². The summed E-state index contributed by atoms with van der Waals surface area (Å²) in [7, 11) is -3.49. The van der Waals surface area contributed by atoms with Crippen molar-refractivity contribution in [1.29, 1.82) is 0 Å². The van der Waals surface area contributed by atoms with Gasteiger partial charge in [0.2, 0.25) is 15.9 Å². The second-order valence-electron chi connectivity index (χ2n) is 7.97. The van der Waals surface area contributed by atoms with E-state index in [-0.39, 0.29) is 12.5 Å². The van der Waals surface area contributed by atoms with E-state index in [1.807, 2.05) is 42.2 Å². The molecule has 6 nitrogen and oxygen atoms in total. The van der Waals surface area contributed by atoms with Crippen LogP contribution in [-0.4, -0.2) is 56.3 Å². The fourth-order valence-corrected chi connectivity index (χ4v) is 6.09. The van der Waals surface area contributed by atoms with Gasteiger partial charge in [0, 0.05) is 36.3 Å². The van der Waals surface area contributed by atoms with Crippen LogP contribution in [0.3, 0.4) is 0 Å². The first kappa shape index (κ1) is 21.5. The SMILES string of the molecule is Cc1cc(Br)ccc1NC(=O)CN1CCN(S(=O)(=O)c2ccc3c(c2)CCC3)CC1. The van der Waals surface area contributed by atoms with Gasteiger partial charge in [-0.1, -0.05) is 22.0 Å². The molecule has 1 N–H and O–H groups in total. The van der Waals surface area contributed by atoms with Gasteiger partial charge in [0.1, 0.15) is 0 Å². The van der Waals surface area contributed by atoms with E-state index in [9.17, 15) is 13.2 Å². The highest BCUT2D eigenvalue weighted by atomic mass is 79.9. The lowest BCUT2D eigenvalue weighted by molar-refractivity contribution is -0.117. The molecule has 0 unspecified atom stereocenters. The monoisotopic (exact) mass is 491 g/mol. The molecular formula is C22H26BrN3O3S. The summed E-state index contributed by atoms with van der Waals surface area (Å²) in [5, 5.41) is 2.94. The van der Waals surface area contributed by atoms with Crippen LogP contribution >= 0.6 is 15.9 Å². The summed E-state index contributed by atoms with van der Waals surface area (Å²) in [6.07, 6.45) is 3.09. The quantitative estimate of drug-likeness (QED) is 0.696. The molecule has 0 radical (unpaired) electrons. The number of sulfonamides is 1. The Hall–Kier alpha value is -1.74. The number of rotatable bonds is 5. The zero-order valence-corrected chi connectivity index (χ0v) is 19.4. The van der Waals surface area contributed by atoms with Crippen molar-refractivity contribution in [1.82, 2.24) is 9.21 Å². The van der Waals surface area contributed by atoms with Crippen molar-refractivity contribution in [3.8, 4) is 0 Å². The number of piperazine rings is 1. The minimum absolute atomic E-state index is 0.0876. The zero-order valence-electron chi connectivity index (χ0n) is 17.0. The molecule has 160 valence electrons. The summed E-state index contributed by atoms with van der Waals surface area (Å²) in [6, 6.07) is 11.3. The Morgan fingerprint density at radius 3 is 2.50 bits per heavy atom. The van der Waals surface area contributed by atoms with Crippen LogP contribution in [0.15, 0.2) is 45.8 Å². The maximum absolute atomic E-state index is 13.0. The molecule has 4 rings (SSSR count).